The van der Waals surface area contributed by atoms with E-state index in [2.05, 4.69) is 15.3 Å². The molecule has 0 aromatic carbocycles. The zero-order chi connectivity index (χ0) is 10.7. The minimum atomic E-state index is -0.285. The highest BCUT2D eigenvalue weighted by atomic mass is 16.5. The largest absolute Gasteiger partial charge is 0.373 e. The average Bonchev–Trinajstić information content (AvgIpc) is 2.30. The molecule has 6 heteroatoms. The van der Waals surface area contributed by atoms with Crippen molar-refractivity contribution in [3.05, 3.63) is 23.1 Å². The molecule has 2 heterocycles. The van der Waals surface area contributed by atoms with Crippen molar-refractivity contribution in [1.82, 2.24) is 19.9 Å². The van der Waals surface area contributed by atoms with Gasteiger partial charge in [-0.25, -0.2) is 9.78 Å². The SMILES string of the molecule is CC(C1CNCCO1)n1cncnc1=O. The second-order valence-corrected chi connectivity index (χ2v) is 3.55. The molecule has 1 aromatic heterocycles. The predicted molar refractivity (Wildman–Crippen MR) is 53.6 cm³/mol. The average molecular weight is 210 g/mol. The molecule has 15 heavy (non-hydrogen) atoms. The number of morpholine rings is 1. The Labute approximate surface area is 87.3 Å². The van der Waals surface area contributed by atoms with Crippen LogP contribution in [0, 0.1) is 0 Å². The smallest absolute Gasteiger partial charge is 0.350 e. The Hall–Kier alpha value is -1.27. The van der Waals surface area contributed by atoms with E-state index in [1.54, 1.807) is 0 Å². The normalized spacial score (nSPS) is 23.7. The molecule has 1 aliphatic rings. The molecule has 0 saturated carbocycles. The molecule has 0 aliphatic carbocycles. The predicted octanol–water partition coefficient (Wildman–Crippen LogP) is -0.812. The maximum Gasteiger partial charge on any atom is 0.350 e. The fourth-order valence-corrected chi connectivity index (χ4v) is 1.65. The highest BCUT2D eigenvalue weighted by Crippen LogP contribution is 2.12. The van der Waals surface area contributed by atoms with Crippen LogP contribution in [0.5, 0.6) is 0 Å². The first-order chi connectivity index (χ1) is 7.29. The lowest BCUT2D eigenvalue weighted by Gasteiger charge is -2.29. The number of rotatable bonds is 2. The van der Waals surface area contributed by atoms with E-state index in [0.29, 0.717) is 6.61 Å². The Morgan fingerprint density at radius 2 is 2.60 bits per heavy atom. The lowest BCUT2D eigenvalue weighted by molar-refractivity contribution is -0.00175. The summed E-state index contributed by atoms with van der Waals surface area (Å²) in [6.07, 6.45) is 2.76. The van der Waals surface area contributed by atoms with Gasteiger partial charge in [0.25, 0.3) is 0 Å². The Morgan fingerprint density at radius 3 is 3.27 bits per heavy atom. The molecule has 82 valence electrons. The molecular weight excluding hydrogens is 196 g/mol. The van der Waals surface area contributed by atoms with Crippen LogP contribution < -0.4 is 11.0 Å². The molecule has 1 aliphatic heterocycles. The van der Waals surface area contributed by atoms with Crippen molar-refractivity contribution in [1.29, 1.82) is 0 Å². The van der Waals surface area contributed by atoms with E-state index in [4.69, 9.17) is 4.74 Å². The number of hydrogen-bond acceptors (Lipinski definition) is 5. The zero-order valence-electron chi connectivity index (χ0n) is 8.59. The van der Waals surface area contributed by atoms with E-state index in [1.807, 2.05) is 6.92 Å². The summed E-state index contributed by atoms with van der Waals surface area (Å²) < 4.78 is 7.07. The van der Waals surface area contributed by atoms with Crippen LogP contribution in [0.25, 0.3) is 0 Å². The molecule has 0 radical (unpaired) electrons. The minimum Gasteiger partial charge on any atom is -0.373 e. The summed E-state index contributed by atoms with van der Waals surface area (Å²) in [5.41, 5.74) is -0.285. The van der Waals surface area contributed by atoms with Crippen molar-refractivity contribution in [2.75, 3.05) is 19.7 Å². The van der Waals surface area contributed by atoms with Crippen LogP contribution in [0.2, 0.25) is 0 Å². The van der Waals surface area contributed by atoms with Gasteiger partial charge < -0.3 is 10.1 Å². The minimum absolute atomic E-state index is 0.00227. The van der Waals surface area contributed by atoms with Gasteiger partial charge in [0.15, 0.2) is 0 Å². The summed E-state index contributed by atoms with van der Waals surface area (Å²) in [5.74, 6) is 0. The second kappa shape index (κ2) is 4.50. The molecule has 1 saturated heterocycles. The first-order valence-electron chi connectivity index (χ1n) is 4.99. The van der Waals surface area contributed by atoms with Gasteiger partial charge in [0.1, 0.15) is 12.7 Å². The van der Waals surface area contributed by atoms with Crippen molar-refractivity contribution < 1.29 is 4.74 Å². The van der Waals surface area contributed by atoms with Gasteiger partial charge in [0.05, 0.1) is 18.8 Å². The van der Waals surface area contributed by atoms with Crippen LogP contribution in [0.1, 0.15) is 13.0 Å². The number of nitrogens with one attached hydrogen (secondary N) is 1. The summed E-state index contributed by atoms with van der Waals surface area (Å²) in [6, 6.07) is -0.0495. The van der Waals surface area contributed by atoms with Crippen molar-refractivity contribution in [2.24, 2.45) is 0 Å². The Morgan fingerprint density at radius 1 is 1.73 bits per heavy atom. The highest BCUT2D eigenvalue weighted by molar-refractivity contribution is 4.81. The molecule has 1 fully saturated rings. The summed E-state index contributed by atoms with van der Waals surface area (Å²) in [5, 5.41) is 3.22. The molecule has 6 nitrogen and oxygen atoms in total. The maximum absolute atomic E-state index is 11.4. The molecular formula is C9H14N4O2. The van der Waals surface area contributed by atoms with Crippen molar-refractivity contribution >= 4 is 0 Å². The zero-order valence-corrected chi connectivity index (χ0v) is 8.59. The van der Waals surface area contributed by atoms with Gasteiger partial charge in [0, 0.05) is 13.1 Å². The molecule has 2 atom stereocenters. The first-order valence-corrected chi connectivity index (χ1v) is 4.99. The van der Waals surface area contributed by atoms with Crippen molar-refractivity contribution in [3.63, 3.8) is 0 Å². The lowest BCUT2D eigenvalue weighted by Crippen LogP contribution is -2.44. The van der Waals surface area contributed by atoms with Gasteiger partial charge in [-0.05, 0) is 6.92 Å². The molecule has 0 spiro atoms. The van der Waals surface area contributed by atoms with Gasteiger partial charge in [-0.2, -0.15) is 4.98 Å². The van der Waals surface area contributed by atoms with Gasteiger partial charge in [-0.3, -0.25) is 4.57 Å². The Bertz CT molecular complexity index is 372. The van der Waals surface area contributed by atoms with E-state index >= 15 is 0 Å². The monoisotopic (exact) mass is 210 g/mol. The maximum atomic E-state index is 11.4. The van der Waals surface area contributed by atoms with Gasteiger partial charge in [0.2, 0.25) is 0 Å². The van der Waals surface area contributed by atoms with Gasteiger partial charge >= 0.3 is 5.69 Å². The second-order valence-electron chi connectivity index (χ2n) is 3.55. The highest BCUT2D eigenvalue weighted by Gasteiger charge is 2.22. The molecule has 0 amide bonds. The summed E-state index contributed by atoms with van der Waals surface area (Å²) in [7, 11) is 0. The number of ether oxygens (including phenoxy) is 1. The standard InChI is InChI=1S/C9H14N4O2/c1-7(8-4-10-2-3-15-8)13-6-11-5-12-9(13)14/h5-8,10H,2-4H2,1H3. The van der Waals surface area contributed by atoms with Crippen LogP contribution in [0.3, 0.4) is 0 Å². The summed E-state index contributed by atoms with van der Waals surface area (Å²) in [6.45, 7) is 4.23. The van der Waals surface area contributed by atoms with E-state index in [0.717, 1.165) is 13.1 Å². The van der Waals surface area contributed by atoms with Crippen molar-refractivity contribution in [3.8, 4) is 0 Å². The quantitative estimate of drug-likeness (QED) is 0.691. The van der Waals surface area contributed by atoms with Crippen LogP contribution in [0.4, 0.5) is 0 Å². The Balaban J connectivity index is 2.16. The molecule has 0 bridgehead atoms. The van der Waals surface area contributed by atoms with E-state index in [-0.39, 0.29) is 17.8 Å². The van der Waals surface area contributed by atoms with Gasteiger partial charge in [-0.15, -0.1) is 0 Å². The number of aromatic nitrogens is 3. The summed E-state index contributed by atoms with van der Waals surface area (Å²) >= 11 is 0. The first kappa shape index (κ1) is 10.3. The van der Waals surface area contributed by atoms with Crippen LogP contribution in [-0.4, -0.2) is 40.3 Å². The van der Waals surface area contributed by atoms with Gasteiger partial charge in [-0.1, -0.05) is 0 Å². The van der Waals surface area contributed by atoms with E-state index < -0.39 is 0 Å². The van der Waals surface area contributed by atoms with Crippen LogP contribution in [-0.2, 0) is 4.74 Å². The third-order valence-corrected chi connectivity index (χ3v) is 2.58. The van der Waals surface area contributed by atoms with Crippen molar-refractivity contribution in [2.45, 2.75) is 19.1 Å². The fraction of sp³-hybridized carbons (Fsp3) is 0.667. The lowest BCUT2D eigenvalue weighted by atomic mass is 10.1. The number of hydrogen-bond donors (Lipinski definition) is 1. The molecule has 1 aromatic rings. The molecule has 1 N–H and O–H groups in total. The third-order valence-electron chi connectivity index (χ3n) is 2.58. The fourth-order valence-electron chi connectivity index (χ4n) is 1.65. The number of nitrogens with zero attached hydrogens (tertiary/aromatic N) is 3. The topological polar surface area (TPSA) is 69.0 Å². The van der Waals surface area contributed by atoms with E-state index in [9.17, 15) is 4.79 Å². The third kappa shape index (κ3) is 2.21. The molecule has 2 unspecified atom stereocenters. The van der Waals surface area contributed by atoms with Crippen LogP contribution >= 0.6 is 0 Å². The Kier molecular flexibility index (Phi) is 3.08. The van der Waals surface area contributed by atoms with E-state index in [1.165, 1.54) is 17.2 Å². The summed E-state index contributed by atoms with van der Waals surface area (Å²) in [4.78, 5) is 18.9. The van der Waals surface area contributed by atoms with Crippen LogP contribution in [0.15, 0.2) is 17.4 Å². The molecule has 2 rings (SSSR count).